The lowest BCUT2D eigenvalue weighted by Crippen LogP contribution is -2.01. The van der Waals surface area contributed by atoms with Crippen LogP contribution in [-0.2, 0) is 11.9 Å². The van der Waals surface area contributed by atoms with Crippen LogP contribution in [0.25, 0.3) is 0 Å². The first-order valence-electron chi connectivity index (χ1n) is 6.04. The monoisotopic (exact) mass is 480 g/mol. The number of hydrogen-bond acceptors (Lipinski definition) is 2. The molecule has 0 spiro atoms. The van der Waals surface area contributed by atoms with Crippen molar-refractivity contribution in [3.63, 3.8) is 0 Å². The summed E-state index contributed by atoms with van der Waals surface area (Å²) in [5.41, 5.74) is 1.54. The number of methoxy groups -OCH3 is 1. The minimum absolute atomic E-state index is 0.127. The van der Waals surface area contributed by atoms with Gasteiger partial charge in [-0.15, -0.1) is 0 Å². The van der Waals surface area contributed by atoms with Crippen molar-refractivity contribution in [3.8, 4) is 11.5 Å². The summed E-state index contributed by atoms with van der Waals surface area (Å²) in [6.07, 6.45) is 0. The van der Waals surface area contributed by atoms with Crippen LogP contribution in [-0.4, -0.2) is 7.11 Å². The maximum atomic E-state index is 13.8. The number of hydrogen-bond donors (Lipinski definition) is 0. The molecular weight excluding hydrogens is 471 g/mol. The van der Waals surface area contributed by atoms with Gasteiger partial charge in [0.15, 0.2) is 11.5 Å². The zero-order valence-corrected chi connectivity index (χ0v) is 15.9. The summed E-state index contributed by atoms with van der Waals surface area (Å²) in [6.45, 7) is 0.127. The molecule has 0 heterocycles. The molecule has 0 saturated heterocycles. The van der Waals surface area contributed by atoms with E-state index in [4.69, 9.17) is 9.47 Å². The second kappa shape index (κ2) is 7.61. The van der Waals surface area contributed by atoms with E-state index in [2.05, 4.69) is 47.8 Å². The summed E-state index contributed by atoms with van der Waals surface area (Å²) in [6, 6.07) is 8.70. The maximum Gasteiger partial charge on any atom is 0.175 e. The van der Waals surface area contributed by atoms with E-state index in [-0.39, 0.29) is 12.4 Å². The average molecular weight is 483 g/mol. The summed E-state index contributed by atoms with van der Waals surface area (Å²) >= 11 is 10.1. The molecule has 0 saturated carbocycles. The summed E-state index contributed by atoms with van der Waals surface area (Å²) in [5.74, 6) is 0.859. The Balaban J connectivity index is 2.23. The van der Waals surface area contributed by atoms with Crippen LogP contribution in [0.3, 0.4) is 0 Å². The van der Waals surface area contributed by atoms with Gasteiger partial charge in [-0.2, -0.15) is 0 Å². The fourth-order valence-electron chi connectivity index (χ4n) is 1.78. The van der Waals surface area contributed by atoms with Crippen LogP contribution < -0.4 is 9.47 Å². The van der Waals surface area contributed by atoms with E-state index in [0.29, 0.717) is 26.9 Å². The number of alkyl halides is 1. The Bertz CT molecular complexity index is 647. The molecule has 21 heavy (non-hydrogen) atoms. The van der Waals surface area contributed by atoms with Gasteiger partial charge >= 0.3 is 0 Å². The molecule has 0 aliphatic heterocycles. The van der Waals surface area contributed by atoms with Gasteiger partial charge in [-0.05, 0) is 45.8 Å². The van der Waals surface area contributed by atoms with Gasteiger partial charge in [-0.3, -0.25) is 0 Å². The van der Waals surface area contributed by atoms with Crippen LogP contribution in [0, 0.1) is 5.82 Å². The van der Waals surface area contributed by atoms with Crippen molar-refractivity contribution >= 4 is 47.8 Å². The Morgan fingerprint density at radius 1 is 1.14 bits per heavy atom. The molecule has 0 N–H and O–H groups in total. The van der Waals surface area contributed by atoms with Crippen LogP contribution in [0.4, 0.5) is 4.39 Å². The third-order valence-electron chi connectivity index (χ3n) is 2.83. The highest BCUT2D eigenvalue weighted by atomic mass is 79.9. The molecule has 0 aliphatic carbocycles. The first-order chi connectivity index (χ1) is 10.0. The number of rotatable bonds is 5. The van der Waals surface area contributed by atoms with Crippen LogP contribution in [0.2, 0.25) is 0 Å². The van der Waals surface area contributed by atoms with E-state index in [1.165, 1.54) is 6.07 Å². The van der Waals surface area contributed by atoms with Gasteiger partial charge in [0, 0.05) is 15.4 Å². The second-order valence-electron chi connectivity index (χ2n) is 4.27. The summed E-state index contributed by atoms with van der Waals surface area (Å²) < 4.78 is 26.3. The third-order valence-corrected chi connectivity index (χ3v) is 4.56. The van der Waals surface area contributed by atoms with Crippen molar-refractivity contribution in [3.05, 3.63) is 56.2 Å². The molecule has 2 nitrogen and oxygen atoms in total. The van der Waals surface area contributed by atoms with Crippen LogP contribution in [0.5, 0.6) is 11.5 Å². The molecule has 112 valence electrons. The molecule has 6 heteroatoms. The molecule has 0 radical (unpaired) electrons. The van der Waals surface area contributed by atoms with E-state index in [1.54, 1.807) is 19.2 Å². The molecule has 2 aromatic carbocycles. The molecule has 0 aromatic heterocycles. The quantitative estimate of drug-likeness (QED) is 0.499. The van der Waals surface area contributed by atoms with Crippen molar-refractivity contribution in [2.75, 3.05) is 7.11 Å². The normalized spacial score (nSPS) is 10.5. The lowest BCUT2D eigenvalue weighted by molar-refractivity contribution is 0.277. The molecule has 0 bridgehead atoms. The van der Waals surface area contributed by atoms with Crippen molar-refractivity contribution < 1.29 is 13.9 Å². The Hall–Kier alpha value is -0.590. The predicted octanol–water partition coefficient (Wildman–Crippen LogP) is 5.83. The zero-order chi connectivity index (χ0) is 15.4. The Kier molecular flexibility index (Phi) is 6.08. The largest absolute Gasteiger partial charge is 0.493 e. The van der Waals surface area contributed by atoms with Crippen molar-refractivity contribution in [1.82, 2.24) is 0 Å². The highest BCUT2D eigenvalue weighted by Crippen LogP contribution is 2.37. The van der Waals surface area contributed by atoms with Crippen LogP contribution in [0.15, 0.2) is 39.3 Å². The number of benzene rings is 2. The summed E-state index contributed by atoms with van der Waals surface area (Å²) in [5, 5.41) is 0.712. The fraction of sp³-hybridized carbons (Fsp3) is 0.200. The molecule has 0 aliphatic rings. The Morgan fingerprint density at radius 2 is 1.90 bits per heavy atom. The van der Waals surface area contributed by atoms with Crippen molar-refractivity contribution in [2.45, 2.75) is 11.9 Å². The highest BCUT2D eigenvalue weighted by molar-refractivity contribution is 9.11. The minimum Gasteiger partial charge on any atom is -0.493 e. The van der Waals surface area contributed by atoms with Gasteiger partial charge in [-0.25, -0.2) is 4.39 Å². The van der Waals surface area contributed by atoms with Crippen LogP contribution in [0.1, 0.15) is 11.1 Å². The van der Waals surface area contributed by atoms with E-state index in [9.17, 15) is 4.39 Å². The number of ether oxygens (including phenoxy) is 2. The maximum absolute atomic E-state index is 13.8. The van der Waals surface area contributed by atoms with E-state index < -0.39 is 0 Å². The molecule has 0 atom stereocenters. The topological polar surface area (TPSA) is 18.5 Å². The zero-order valence-electron chi connectivity index (χ0n) is 11.1. The molecule has 0 unspecified atom stereocenters. The predicted molar refractivity (Wildman–Crippen MR) is 91.8 cm³/mol. The number of halogens is 4. The molecular formula is C15H12Br3FO2. The summed E-state index contributed by atoms with van der Waals surface area (Å²) in [4.78, 5) is 0. The second-order valence-corrected chi connectivity index (χ2v) is 6.60. The van der Waals surface area contributed by atoms with Gasteiger partial charge in [0.05, 0.1) is 11.6 Å². The average Bonchev–Trinajstić information content (AvgIpc) is 2.46. The van der Waals surface area contributed by atoms with E-state index >= 15 is 0 Å². The van der Waals surface area contributed by atoms with Gasteiger partial charge in [0.25, 0.3) is 0 Å². The molecule has 2 aromatic rings. The van der Waals surface area contributed by atoms with E-state index in [1.807, 2.05) is 12.1 Å². The van der Waals surface area contributed by atoms with Gasteiger partial charge in [-0.1, -0.05) is 37.9 Å². The molecule has 0 amide bonds. The van der Waals surface area contributed by atoms with Crippen LogP contribution >= 0.6 is 47.8 Å². The highest BCUT2D eigenvalue weighted by Gasteiger charge is 2.13. The van der Waals surface area contributed by atoms with Gasteiger partial charge in [0.1, 0.15) is 12.4 Å². The lowest BCUT2D eigenvalue weighted by atomic mass is 10.2. The van der Waals surface area contributed by atoms with Crippen molar-refractivity contribution in [2.24, 2.45) is 0 Å². The lowest BCUT2D eigenvalue weighted by Gasteiger charge is -2.14. The van der Waals surface area contributed by atoms with Gasteiger partial charge in [0.2, 0.25) is 0 Å². The summed E-state index contributed by atoms with van der Waals surface area (Å²) in [7, 11) is 1.58. The van der Waals surface area contributed by atoms with Crippen molar-refractivity contribution in [1.29, 1.82) is 0 Å². The first kappa shape index (κ1) is 16.8. The first-order valence-corrected chi connectivity index (χ1v) is 8.75. The fourth-order valence-corrected chi connectivity index (χ4v) is 3.04. The van der Waals surface area contributed by atoms with Gasteiger partial charge < -0.3 is 9.47 Å². The van der Waals surface area contributed by atoms with E-state index in [0.717, 1.165) is 10.0 Å². The smallest absolute Gasteiger partial charge is 0.175 e. The molecule has 2 rings (SSSR count). The minimum atomic E-state index is -0.309. The Labute approximate surface area is 148 Å². The SMILES string of the molecule is COc1cc(CBr)cc(Br)c1OCc1ccc(Br)cc1F. The standard InChI is InChI=1S/C15H12Br3FO2/c1-20-14-5-9(7-16)4-12(18)15(14)21-8-10-2-3-11(17)6-13(10)19/h2-6H,7-8H2,1H3. The third kappa shape index (κ3) is 4.20. The molecule has 0 fully saturated rings. The Morgan fingerprint density at radius 3 is 2.52 bits per heavy atom.